The van der Waals surface area contributed by atoms with Gasteiger partial charge in [-0.1, -0.05) is 54.1 Å². The molecule has 5 rings (SSSR count). The topological polar surface area (TPSA) is 79.8 Å². The molecule has 3 aromatic rings. The molecule has 2 aliphatic heterocycles. The maximum Gasteiger partial charge on any atom is 0.243 e. The van der Waals surface area contributed by atoms with Gasteiger partial charge in [-0.15, -0.1) is 0 Å². The monoisotopic (exact) mass is 503 g/mol. The van der Waals surface area contributed by atoms with Gasteiger partial charge >= 0.3 is 0 Å². The number of ether oxygens (including phenoxy) is 1. The SMILES string of the molecule is Cc1ccc(S(=O)(=O)N2CC(=Cc3cccc(N4CCOCC4)n3)C(=O)C(c3ccccc3)C2)cc1. The van der Waals surface area contributed by atoms with Crippen molar-refractivity contribution in [1.29, 1.82) is 0 Å². The lowest BCUT2D eigenvalue weighted by Crippen LogP contribution is -2.44. The zero-order valence-electron chi connectivity index (χ0n) is 20.2. The fraction of sp³-hybridized carbons (Fsp3) is 0.286. The first-order valence-corrected chi connectivity index (χ1v) is 13.5. The highest BCUT2D eigenvalue weighted by Gasteiger charge is 2.38. The molecule has 186 valence electrons. The Hall–Kier alpha value is -3.33. The van der Waals surface area contributed by atoms with Gasteiger partial charge in [-0.2, -0.15) is 4.31 Å². The third-order valence-corrected chi connectivity index (χ3v) is 8.47. The lowest BCUT2D eigenvalue weighted by atomic mass is 9.87. The van der Waals surface area contributed by atoms with Crippen molar-refractivity contribution in [3.05, 3.63) is 95.2 Å². The minimum atomic E-state index is -3.80. The van der Waals surface area contributed by atoms with E-state index in [4.69, 9.17) is 9.72 Å². The quantitative estimate of drug-likeness (QED) is 0.495. The van der Waals surface area contributed by atoms with E-state index < -0.39 is 15.9 Å². The smallest absolute Gasteiger partial charge is 0.243 e. The molecule has 36 heavy (non-hydrogen) atoms. The summed E-state index contributed by atoms with van der Waals surface area (Å²) < 4.78 is 34.0. The molecule has 3 heterocycles. The van der Waals surface area contributed by atoms with Crippen molar-refractivity contribution < 1.29 is 17.9 Å². The molecular formula is C28H29N3O4S. The van der Waals surface area contributed by atoms with Crippen molar-refractivity contribution in [3.8, 4) is 0 Å². The Balaban J connectivity index is 1.51. The highest BCUT2D eigenvalue weighted by Crippen LogP contribution is 2.31. The van der Waals surface area contributed by atoms with Crippen LogP contribution in [-0.4, -0.2) is 62.9 Å². The van der Waals surface area contributed by atoms with E-state index in [0.717, 1.165) is 30.0 Å². The number of rotatable bonds is 5. The molecular weight excluding hydrogens is 474 g/mol. The van der Waals surface area contributed by atoms with Crippen LogP contribution in [0.15, 0.2) is 83.3 Å². The first-order chi connectivity index (χ1) is 17.4. The number of anilines is 1. The van der Waals surface area contributed by atoms with E-state index in [1.807, 2.05) is 55.5 Å². The average Bonchev–Trinajstić information content (AvgIpc) is 2.91. The molecule has 2 aliphatic rings. The van der Waals surface area contributed by atoms with Crippen LogP contribution in [0, 0.1) is 6.92 Å². The molecule has 7 nitrogen and oxygen atoms in total. The average molecular weight is 504 g/mol. The second-order valence-electron chi connectivity index (χ2n) is 9.13. The molecule has 0 radical (unpaired) electrons. The van der Waals surface area contributed by atoms with Crippen LogP contribution in [0.4, 0.5) is 5.82 Å². The van der Waals surface area contributed by atoms with Crippen molar-refractivity contribution in [2.75, 3.05) is 44.3 Å². The van der Waals surface area contributed by atoms with Crippen LogP contribution in [0.2, 0.25) is 0 Å². The third-order valence-electron chi connectivity index (χ3n) is 6.64. The number of hydrogen-bond acceptors (Lipinski definition) is 6. The van der Waals surface area contributed by atoms with Gasteiger partial charge in [-0.05, 0) is 42.8 Å². The van der Waals surface area contributed by atoms with Crippen molar-refractivity contribution in [2.45, 2.75) is 17.7 Å². The second-order valence-corrected chi connectivity index (χ2v) is 11.1. The van der Waals surface area contributed by atoms with E-state index >= 15 is 0 Å². The summed E-state index contributed by atoms with van der Waals surface area (Å²) in [6.45, 7) is 4.82. The van der Waals surface area contributed by atoms with Gasteiger partial charge in [0.1, 0.15) is 5.82 Å². The number of hydrogen-bond donors (Lipinski definition) is 0. The van der Waals surface area contributed by atoms with E-state index in [0.29, 0.717) is 24.5 Å². The first-order valence-electron chi connectivity index (χ1n) is 12.1. The maximum atomic E-state index is 13.6. The van der Waals surface area contributed by atoms with Crippen LogP contribution in [0.25, 0.3) is 6.08 Å². The van der Waals surface area contributed by atoms with Crippen LogP contribution in [-0.2, 0) is 19.6 Å². The number of benzene rings is 2. The minimum Gasteiger partial charge on any atom is -0.378 e. The molecule has 0 N–H and O–H groups in total. The molecule has 1 atom stereocenters. The summed E-state index contributed by atoms with van der Waals surface area (Å²) in [4.78, 5) is 20.7. The molecule has 0 spiro atoms. The predicted molar refractivity (Wildman–Crippen MR) is 139 cm³/mol. The molecule has 2 aromatic carbocycles. The van der Waals surface area contributed by atoms with Gasteiger partial charge in [0.25, 0.3) is 0 Å². The summed E-state index contributed by atoms with van der Waals surface area (Å²) in [5.41, 5.74) is 2.84. The zero-order chi connectivity index (χ0) is 25.1. The van der Waals surface area contributed by atoms with Crippen molar-refractivity contribution in [1.82, 2.24) is 9.29 Å². The van der Waals surface area contributed by atoms with Gasteiger partial charge in [-0.3, -0.25) is 4.79 Å². The molecule has 1 aromatic heterocycles. The second kappa shape index (κ2) is 10.3. The van der Waals surface area contributed by atoms with E-state index in [9.17, 15) is 13.2 Å². The fourth-order valence-electron chi connectivity index (χ4n) is 4.61. The normalized spacial score (nSPS) is 20.6. The number of aromatic nitrogens is 1. The summed E-state index contributed by atoms with van der Waals surface area (Å²) in [6, 6.07) is 21.9. The van der Waals surface area contributed by atoms with Gasteiger partial charge in [0.2, 0.25) is 10.0 Å². The van der Waals surface area contributed by atoms with E-state index in [2.05, 4.69) is 4.90 Å². The lowest BCUT2D eigenvalue weighted by Gasteiger charge is -2.33. The molecule has 1 unspecified atom stereocenters. The fourth-order valence-corrected chi connectivity index (χ4v) is 6.04. The number of morpholine rings is 1. The Morgan fingerprint density at radius 3 is 2.39 bits per heavy atom. The van der Waals surface area contributed by atoms with Crippen LogP contribution in [0.3, 0.4) is 0 Å². The number of carbonyl (C=O) groups is 1. The summed E-state index contributed by atoms with van der Waals surface area (Å²) in [6.07, 6.45) is 1.74. The number of piperidine rings is 1. The molecule has 0 bridgehead atoms. The molecule has 2 fully saturated rings. The van der Waals surface area contributed by atoms with Crippen molar-refractivity contribution in [2.24, 2.45) is 0 Å². The summed E-state index contributed by atoms with van der Waals surface area (Å²) >= 11 is 0. The molecule has 0 aliphatic carbocycles. The van der Waals surface area contributed by atoms with Gasteiger partial charge in [0.05, 0.1) is 29.7 Å². The van der Waals surface area contributed by atoms with Gasteiger partial charge < -0.3 is 9.64 Å². The van der Waals surface area contributed by atoms with Gasteiger partial charge in [0.15, 0.2) is 5.78 Å². The number of Topliss-reactive ketones (excluding diaryl/α,β-unsaturated/α-hetero) is 1. The molecule has 0 saturated carbocycles. The Morgan fingerprint density at radius 2 is 1.67 bits per heavy atom. The maximum absolute atomic E-state index is 13.6. The minimum absolute atomic E-state index is 0.00182. The molecule has 0 amide bonds. The Kier molecular flexibility index (Phi) is 7.00. The predicted octanol–water partition coefficient (Wildman–Crippen LogP) is 3.67. The molecule has 2 saturated heterocycles. The van der Waals surface area contributed by atoms with Crippen molar-refractivity contribution >= 4 is 27.7 Å². The Morgan fingerprint density at radius 1 is 0.944 bits per heavy atom. The van der Waals surface area contributed by atoms with Crippen LogP contribution in [0.5, 0.6) is 0 Å². The number of pyridine rings is 1. The highest BCUT2D eigenvalue weighted by atomic mass is 32.2. The number of nitrogens with zero attached hydrogens (tertiary/aromatic N) is 3. The number of ketones is 1. The number of sulfonamides is 1. The third kappa shape index (κ3) is 5.11. The van der Waals surface area contributed by atoms with Crippen LogP contribution in [0.1, 0.15) is 22.7 Å². The van der Waals surface area contributed by atoms with E-state index in [1.54, 1.807) is 30.3 Å². The Bertz CT molecular complexity index is 1370. The lowest BCUT2D eigenvalue weighted by molar-refractivity contribution is -0.118. The zero-order valence-corrected chi connectivity index (χ0v) is 21.0. The standard InChI is InChI=1S/C28H29N3O4S/c1-21-10-12-25(13-11-21)36(33,34)31-19-23(28(32)26(20-31)22-6-3-2-4-7-22)18-24-8-5-9-27(29-24)30-14-16-35-17-15-30/h2-13,18,26H,14-17,19-20H2,1H3. The van der Waals surface area contributed by atoms with Gasteiger partial charge in [-0.25, -0.2) is 13.4 Å². The highest BCUT2D eigenvalue weighted by molar-refractivity contribution is 7.89. The summed E-state index contributed by atoms with van der Waals surface area (Å²) in [5.74, 6) is 0.156. The van der Waals surface area contributed by atoms with Crippen LogP contribution >= 0.6 is 0 Å². The summed E-state index contributed by atoms with van der Waals surface area (Å²) in [5, 5.41) is 0. The molecule has 8 heteroatoms. The van der Waals surface area contributed by atoms with Gasteiger partial charge in [0, 0.05) is 31.8 Å². The Labute approximate surface area is 212 Å². The van der Waals surface area contributed by atoms with Crippen molar-refractivity contribution in [3.63, 3.8) is 0 Å². The van der Waals surface area contributed by atoms with Crippen LogP contribution < -0.4 is 4.90 Å². The first kappa shape index (κ1) is 24.4. The summed E-state index contributed by atoms with van der Waals surface area (Å²) in [7, 11) is -3.80. The number of aryl methyl sites for hydroxylation is 1. The number of carbonyl (C=O) groups excluding carboxylic acids is 1. The van der Waals surface area contributed by atoms with E-state index in [1.165, 1.54) is 4.31 Å². The largest absolute Gasteiger partial charge is 0.378 e. The van der Waals surface area contributed by atoms with E-state index in [-0.39, 0.29) is 23.8 Å².